The van der Waals surface area contributed by atoms with Crippen molar-refractivity contribution < 1.29 is 0 Å². The van der Waals surface area contributed by atoms with Gasteiger partial charge in [-0.15, -0.1) is 11.3 Å². The lowest BCUT2D eigenvalue weighted by molar-refractivity contribution is 0.724. The first-order valence-corrected chi connectivity index (χ1v) is 6.96. The molecule has 1 N–H and O–H groups in total. The van der Waals surface area contributed by atoms with Gasteiger partial charge in [0.25, 0.3) is 0 Å². The van der Waals surface area contributed by atoms with Crippen LogP contribution in [-0.2, 0) is 13.1 Å². The van der Waals surface area contributed by atoms with Gasteiger partial charge >= 0.3 is 0 Å². The van der Waals surface area contributed by atoms with E-state index in [1.165, 1.54) is 10.4 Å². The zero-order valence-corrected chi connectivity index (χ0v) is 11.1. The Morgan fingerprint density at radius 1 is 1.33 bits per heavy atom. The van der Waals surface area contributed by atoms with E-state index in [-0.39, 0.29) is 0 Å². The number of hydrogen-bond donors (Lipinski definition) is 1. The first-order chi connectivity index (χ1) is 8.86. The molecule has 0 unspecified atom stereocenters. The molecule has 0 atom stereocenters. The maximum absolute atomic E-state index is 4.28. The number of aryl methyl sites for hydroxylation is 1. The fraction of sp³-hybridized carbons (Fsp3) is 0.214. The maximum atomic E-state index is 4.28. The van der Waals surface area contributed by atoms with Crippen molar-refractivity contribution in [2.75, 3.05) is 5.32 Å². The van der Waals surface area contributed by atoms with Crippen LogP contribution in [0.4, 0.5) is 5.69 Å². The lowest BCUT2D eigenvalue weighted by Crippen LogP contribution is -2.05. The normalized spacial score (nSPS) is 10.9. The zero-order chi connectivity index (χ0) is 12.4. The third kappa shape index (κ3) is 2.11. The Balaban J connectivity index is 1.76. The van der Waals surface area contributed by atoms with Gasteiger partial charge in [0.1, 0.15) is 0 Å². The second-order valence-electron chi connectivity index (χ2n) is 4.17. The number of rotatable bonds is 4. The van der Waals surface area contributed by atoms with Crippen molar-refractivity contribution in [3.63, 3.8) is 0 Å². The van der Waals surface area contributed by atoms with E-state index in [0.29, 0.717) is 0 Å². The summed E-state index contributed by atoms with van der Waals surface area (Å²) in [5.41, 5.74) is 5.41. The average molecular weight is 257 g/mol. The van der Waals surface area contributed by atoms with Gasteiger partial charge in [0.2, 0.25) is 0 Å². The van der Waals surface area contributed by atoms with Gasteiger partial charge in [-0.2, -0.15) is 0 Å². The number of nitrogens with one attached hydrogen (secondary N) is 1. The molecule has 0 radical (unpaired) electrons. The minimum atomic E-state index is 0.852. The zero-order valence-electron chi connectivity index (χ0n) is 10.3. The highest BCUT2D eigenvalue weighted by Gasteiger charge is 2.01. The highest BCUT2D eigenvalue weighted by atomic mass is 32.1. The molecule has 0 aliphatic carbocycles. The molecule has 3 aromatic rings. The van der Waals surface area contributed by atoms with Crippen molar-refractivity contribution in [2.24, 2.45) is 0 Å². The molecule has 0 amide bonds. The van der Waals surface area contributed by atoms with E-state index >= 15 is 0 Å². The molecular weight excluding hydrogens is 242 g/mol. The molecule has 0 aliphatic heterocycles. The smallest absolute Gasteiger partial charge is 0.0813 e. The summed E-state index contributed by atoms with van der Waals surface area (Å²) in [5, 5.41) is 3.46. The van der Waals surface area contributed by atoms with Crippen LogP contribution in [0, 0.1) is 0 Å². The molecule has 2 heterocycles. The monoisotopic (exact) mass is 257 g/mol. The lowest BCUT2D eigenvalue weighted by atomic mass is 10.3. The third-order valence-electron chi connectivity index (χ3n) is 3.07. The van der Waals surface area contributed by atoms with Gasteiger partial charge in [0, 0.05) is 24.1 Å². The van der Waals surface area contributed by atoms with E-state index in [4.69, 9.17) is 0 Å². The van der Waals surface area contributed by atoms with Crippen LogP contribution in [0.3, 0.4) is 0 Å². The van der Waals surface area contributed by atoms with Crippen LogP contribution in [0.2, 0.25) is 0 Å². The van der Waals surface area contributed by atoms with Crippen LogP contribution in [0.15, 0.2) is 42.0 Å². The Hall–Kier alpha value is -1.81. The van der Waals surface area contributed by atoms with Gasteiger partial charge in [-0.1, -0.05) is 0 Å². The number of hydrogen-bond acceptors (Lipinski definition) is 3. The standard InChI is InChI=1S/C14H15N3S/c1-2-17-7-3-4-12(17)9-15-11-5-6-13-14(8-11)18-10-16-13/h3-8,10,15H,2,9H2,1H3. The minimum absolute atomic E-state index is 0.852. The number of anilines is 1. The Kier molecular flexibility index (Phi) is 3.02. The fourth-order valence-corrected chi connectivity index (χ4v) is 2.79. The molecule has 0 fully saturated rings. The lowest BCUT2D eigenvalue weighted by Gasteiger charge is -2.09. The minimum Gasteiger partial charge on any atom is -0.379 e. The summed E-state index contributed by atoms with van der Waals surface area (Å²) >= 11 is 1.68. The molecule has 92 valence electrons. The van der Waals surface area contributed by atoms with E-state index in [2.05, 4.69) is 58.3 Å². The summed E-state index contributed by atoms with van der Waals surface area (Å²) in [7, 11) is 0. The number of aromatic nitrogens is 2. The molecule has 1 aromatic carbocycles. The number of nitrogens with zero attached hydrogens (tertiary/aromatic N) is 2. The highest BCUT2D eigenvalue weighted by molar-refractivity contribution is 7.16. The van der Waals surface area contributed by atoms with Crippen LogP contribution < -0.4 is 5.32 Å². The summed E-state index contributed by atoms with van der Waals surface area (Å²) in [6, 6.07) is 10.6. The molecule has 3 rings (SSSR count). The first-order valence-electron chi connectivity index (χ1n) is 6.08. The van der Waals surface area contributed by atoms with Crippen molar-refractivity contribution in [3.8, 4) is 0 Å². The Labute approximate surface area is 110 Å². The number of benzene rings is 1. The SMILES string of the molecule is CCn1cccc1CNc1ccc2ncsc2c1. The fourth-order valence-electron chi connectivity index (χ4n) is 2.08. The van der Waals surface area contributed by atoms with Crippen LogP contribution in [0.5, 0.6) is 0 Å². The van der Waals surface area contributed by atoms with Gasteiger partial charge < -0.3 is 9.88 Å². The predicted molar refractivity (Wildman–Crippen MR) is 77.1 cm³/mol. The summed E-state index contributed by atoms with van der Waals surface area (Å²) in [6.45, 7) is 4.02. The van der Waals surface area contributed by atoms with Crippen LogP contribution in [-0.4, -0.2) is 9.55 Å². The summed E-state index contributed by atoms with van der Waals surface area (Å²) in [6.07, 6.45) is 2.11. The van der Waals surface area contributed by atoms with Crippen molar-refractivity contribution in [1.82, 2.24) is 9.55 Å². The Morgan fingerprint density at radius 3 is 3.17 bits per heavy atom. The van der Waals surface area contributed by atoms with Crippen LogP contribution in [0.1, 0.15) is 12.6 Å². The molecule has 0 saturated carbocycles. The molecule has 2 aromatic heterocycles. The van der Waals surface area contributed by atoms with E-state index in [1.807, 2.05) is 5.51 Å². The van der Waals surface area contributed by atoms with Crippen LogP contribution in [0.25, 0.3) is 10.2 Å². The van der Waals surface area contributed by atoms with Gasteiger partial charge in [-0.25, -0.2) is 4.98 Å². The topological polar surface area (TPSA) is 29.9 Å². The second-order valence-corrected chi connectivity index (χ2v) is 5.06. The predicted octanol–water partition coefficient (Wildman–Crippen LogP) is 3.73. The van der Waals surface area contributed by atoms with E-state index in [1.54, 1.807) is 11.3 Å². The molecule has 0 spiro atoms. The Morgan fingerprint density at radius 2 is 2.28 bits per heavy atom. The quantitative estimate of drug-likeness (QED) is 0.771. The highest BCUT2D eigenvalue weighted by Crippen LogP contribution is 2.22. The van der Waals surface area contributed by atoms with Crippen molar-refractivity contribution in [1.29, 1.82) is 0 Å². The van der Waals surface area contributed by atoms with E-state index in [0.717, 1.165) is 24.3 Å². The average Bonchev–Trinajstić information content (AvgIpc) is 3.04. The molecule has 4 heteroatoms. The largest absolute Gasteiger partial charge is 0.379 e. The van der Waals surface area contributed by atoms with E-state index in [9.17, 15) is 0 Å². The molecular formula is C14H15N3S. The van der Waals surface area contributed by atoms with Crippen LogP contribution >= 0.6 is 11.3 Å². The molecule has 18 heavy (non-hydrogen) atoms. The van der Waals surface area contributed by atoms with Gasteiger partial charge in [0.15, 0.2) is 0 Å². The maximum Gasteiger partial charge on any atom is 0.0813 e. The van der Waals surface area contributed by atoms with Gasteiger partial charge in [-0.05, 0) is 37.3 Å². The van der Waals surface area contributed by atoms with Gasteiger partial charge in [-0.3, -0.25) is 0 Å². The summed E-state index contributed by atoms with van der Waals surface area (Å²) in [5.74, 6) is 0. The Bertz CT molecular complexity index is 654. The summed E-state index contributed by atoms with van der Waals surface area (Å²) in [4.78, 5) is 4.28. The van der Waals surface area contributed by atoms with Crippen molar-refractivity contribution in [2.45, 2.75) is 20.0 Å². The van der Waals surface area contributed by atoms with Crippen molar-refractivity contribution >= 4 is 27.2 Å². The third-order valence-corrected chi connectivity index (χ3v) is 3.86. The number of fused-ring (bicyclic) bond motifs is 1. The number of thiazole rings is 1. The van der Waals surface area contributed by atoms with E-state index < -0.39 is 0 Å². The van der Waals surface area contributed by atoms with Gasteiger partial charge in [0.05, 0.1) is 22.3 Å². The van der Waals surface area contributed by atoms with Crippen molar-refractivity contribution in [3.05, 3.63) is 47.7 Å². The molecule has 0 saturated heterocycles. The second kappa shape index (κ2) is 4.82. The molecule has 0 aliphatic rings. The first kappa shape index (κ1) is 11.3. The molecule has 3 nitrogen and oxygen atoms in total. The molecule has 0 bridgehead atoms. The summed E-state index contributed by atoms with van der Waals surface area (Å²) < 4.78 is 3.48.